The van der Waals surface area contributed by atoms with Crippen LogP contribution in [-0.4, -0.2) is 65.3 Å². The number of hydrogen-bond acceptors (Lipinski definition) is 6. The molecule has 1 aliphatic rings. The number of nitrogens with one attached hydrogen (secondary N) is 3. The maximum Gasteiger partial charge on any atom is 0.416 e. The number of fused-ring (bicyclic) bond motifs is 3. The van der Waals surface area contributed by atoms with E-state index in [9.17, 15) is 9.59 Å². The number of H-pyrrole nitrogens is 1. The Bertz CT molecular complexity index is 1290. The molecule has 10 heteroatoms. The summed E-state index contributed by atoms with van der Waals surface area (Å²) in [6.45, 7) is 12.5. The Morgan fingerprint density at radius 3 is 2.53 bits per heavy atom. The average Bonchev–Trinajstić information content (AvgIpc) is 3.32. The van der Waals surface area contributed by atoms with Crippen LogP contribution in [0.3, 0.4) is 0 Å². The Kier molecular flexibility index (Phi) is 6.79. The van der Waals surface area contributed by atoms with Crippen LogP contribution in [0, 0.1) is 5.92 Å². The van der Waals surface area contributed by atoms with Gasteiger partial charge in [0.2, 0.25) is 5.91 Å². The second kappa shape index (κ2) is 9.40. The van der Waals surface area contributed by atoms with Crippen molar-refractivity contribution in [1.82, 2.24) is 25.4 Å². The van der Waals surface area contributed by atoms with Crippen molar-refractivity contribution in [2.24, 2.45) is 5.92 Å². The van der Waals surface area contributed by atoms with Crippen LogP contribution in [0.4, 0.5) is 4.79 Å². The summed E-state index contributed by atoms with van der Waals surface area (Å²) >= 11 is 0. The van der Waals surface area contributed by atoms with Crippen LogP contribution in [-0.2, 0) is 20.7 Å². The number of nitrogens with zero attached hydrogens (tertiary/aromatic N) is 2. The van der Waals surface area contributed by atoms with Gasteiger partial charge in [-0.15, -0.1) is 0 Å². The van der Waals surface area contributed by atoms with E-state index in [1.54, 1.807) is 11.9 Å². The molecule has 2 aromatic carbocycles. The van der Waals surface area contributed by atoms with Crippen LogP contribution in [0.25, 0.3) is 21.8 Å². The van der Waals surface area contributed by atoms with E-state index in [4.69, 9.17) is 9.64 Å². The molecule has 36 heavy (non-hydrogen) atoms. The van der Waals surface area contributed by atoms with Crippen molar-refractivity contribution < 1.29 is 19.0 Å². The van der Waals surface area contributed by atoms with Crippen molar-refractivity contribution >= 4 is 46.3 Å². The van der Waals surface area contributed by atoms with Crippen LogP contribution >= 0.6 is 0 Å². The van der Waals surface area contributed by atoms with Gasteiger partial charge >= 0.3 is 13.1 Å². The number of amides is 2. The summed E-state index contributed by atoms with van der Waals surface area (Å²) in [5.74, 6) is 0.366. The van der Waals surface area contributed by atoms with Gasteiger partial charge in [-0.1, -0.05) is 38.1 Å². The fourth-order valence-corrected chi connectivity index (χ4v) is 4.47. The number of carbonyl (C=O) groups excluding carboxylic acids is 2. The highest BCUT2D eigenvalue weighted by Gasteiger charge is 2.49. The number of ether oxygens (including phenoxy) is 1. The van der Waals surface area contributed by atoms with Crippen LogP contribution in [0.5, 0.6) is 0 Å². The van der Waals surface area contributed by atoms with Crippen molar-refractivity contribution in [3.8, 4) is 0 Å². The number of hydrogen-bond donors (Lipinski definition) is 3. The maximum absolute atomic E-state index is 13.0. The molecule has 0 aliphatic carbocycles. The predicted octanol–water partition coefficient (Wildman–Crippen LogP) is 2.93. The molecule has 1 aromatic heterocycles. The molecule has 3 N–H and O–H groups in total. The molecule has 0 bridgehead atoms. The monoisotopic (exact) mass is 493 g/mol. The molecule has 1 aliphatic heterocycles. The molecule has 4 rings (SSSR count). The Labute approximate surface area is 212 Å². The molecule has 3 aromatic rings. The van der Waals surface area contributed by atoms with Gasteiger partial charge in [-0.05, 0) is 50.5 Å². The minimum atomic E-state index is -0.688. The number of carbonyl (C=O) groups is 2. The lowest BCUT2D eigenvalue weighted by atomic mass is 9.72. The summed E-state index contributed by atoms with van der Waals surface area (Å²) in [6.07, 6.45) is -0.629. The minimum Gasteiger partial charge on any atom is -0.453 e. The predicted molar refractivity (Wildman–Crippen MR) is 142 cm³/mol. The lowest BCUT2D eigenvalue weighted by Crippen LogP contribution is -2.51. The first-order valence-electron chi connectivity index (χ1n) is 12.3. The Balaban J connectivity index is 1.56. The van der Waals surface area contributed by atoms with Gasteiger partial charge in [0.25, 0.3) is 0 Å². The van der Waals surface area contributed by atoms with Crippen molar-refractivity contribution in [2.75, 3.05) is 14.2 Å². The third-order valence-corrected chi connectivity index (χ3v) is 7.41. The highest BCUT2D eigenvalue weighted by atomic mass is 16.5. The number of aromatic nitrogens is 2. The van der Waals surface area contributed by atoms with E-state index in [1.165, 1.54) is 7.11 Å². The number of imidazole rings is 1. The molecule has 1 fully saturated rings. The van der Waals surface area contributed by atoms with Crippen LogP contribution in [0.2, 0.25) is 0 Å². The van der Waals surface area contributed by atoms with E-state index in [-0.39, 0.29) is 36.6 Å². The van der Waals surface area contributed by atoms with E-state index in [0.717, 1.165) is 27.3 Å². The van der Waals surface area contributed by atoms with Crippen molar-refractivity contribution in [3.05, 3.63) is 36.2 Å². The molecule has 192 valence electrons. The summed E-state index contributed by atoms with van der Waals surface area (Å²) in [5, 5.41) is 8.31. The molecule has 2 heterocycles. The average molecular weight is 493 g/mol. The number of alkyl carbamates (subject to hydrolysis) is 1. The van der Waals surface area contributed by atoms with Gasteiger partial charge < -0.3 is 29.8 Å². The van der Waals surface area contributed by atoms with E-state index in [2.05, 4.69) is 72.2 Å². The van der Waals surface area contributed by atoms with Gasteiger partial charge in [0.1, 0.15) is 11.9 Å². The summed E-state index contributed by atoms with van der Waals surface area (Å²) in [7, 11) is 2.80. The van der Waals surface area contributed by atoms with Gasteiger partial charge in [-0.25, -0.2) is 9.78 Å². The number of likely N-dealkylation sites (N-methyl/N-ethyl adjacent to an activating group) is 1. The van der Waals surface area contributed by atoms with E-state index in [1.807, 2.05) is 19.9 Å². The Morgan fingerprint density at radius 1 is 1.19 bits per heavy atom. The summed E-state index contributed by atoms with van der Waals surface area (Å²) in [4.78, 5) is 34.4. The fourth-order valence-electron chi connectivity index (χ4n) is 4.47. The summed E-state index contributed by atoms with van der Waals surface area (Å²) in [6, 6.07) is 9.68. The topological polar surface area (TPSA) is 109 Å². The fraction of sp³-hybridized carbons (Fsp3) is 0.500. The van der Waals surface area contributed by atoms with Crippen molar-refractivity contribution in [1.29, 1.82) is 0 Å². The second-order valence-electron chi connectivity index (χ2n) is 11.0. The smallest absolute Gasteiger partial charge is 0.416 e. The normalized spacial score (nSPS) is 17.5. The Morgan fingerprint density at radius 2 is 1.92 bits per heavy atom. The highest BCUT2D eigenvalue weighted by Crippen LogP contribution is 2.32. The number of rotatable bonds is 6. The third kappa shape index (κ3) is 4.79. The van der Waals surface area contributed by atoms with Gasteiger partial charge in [0.05, 0.1) is 30.3 Å². The van der Waals surface area contributed by atoms with Crippen molar-refractivity contribution in [2.45, 2.75) is 65.3 Å². The van der Waals surface area contributed by atoms with E-state index < -0.39 is 12.1 Å². The minimum absolute atomic E-state index is 0.0950. The number of benzene rings is 2. The van der Waals surface area contributed by atoms with Gasteiger partial charge in [0, 0.05) is 18.0 Å². The van der Waals surface area contributed by atoms with Gasteiger partial charge in [-0.2, -0.15) is 0 Å². The maximum atomic E-state index is 13.0. The molecule has 9 nitrogen and oxygen atoms in total. The van der Waals surface area contributed by atoms with Crippen molar-refractivity contribution in [3.63, 3.8) is 0 Å². The lowest BCUT2D eigenvalue weighted by molar-refractivity contribution is -0.133. The van der Waals surface area contributed by atoms with E-state index >= 15 is 0 Å². The molecule has 1 saturated heterocycles. The van der Waals surface area contributed by atoms with Gasteiger partial charge in [0.15, 0.2) is 0 Å². The van der Waals surface area contributed by atoms with Crippen LogP contribution in [0.1, 0.15) is 47.4 Å². The molecular formula is C26H36BN5O4. The molecule has 2 amide bonds. The van der Waals surface area contributed by atoms with Crippen LogP contribution < -0.4 is 16.0 Å². The zero-order chi connectivity index (χ0) is 26.4. The SMILES string of the molecule is COC(=O)NC(C(=O)N(C)Cc1nc2c(ccc3cc(B4NC(C)(C)C(C)(C)O4)ccc32)[nH]1)C(C)C. The molecule has 0 saturated carbocycles. The first kappa shape index (κ1) is 26.0. The molecule has 0 spiro atoms. The Hall–Kier alpha value is -3.11. The third-order valence-electron chi connectivity index (χ3n) is 7.41. The largest absolute Gasteiger partial charge is 0.453 e. The summed E-state index contributed by atoms with van der Waals surface area (Å²) < 4.78 is 11.0. The first-order chi connectivity index (χ1) is 16.8. The molecular weight excluding hydrogens is 457 g/mol. The van der Waals surface area contributed by atoms with Gasteiger partial charge in [-0.3, -0.25) is 4.79 Å². The quantitative estimate of drug-likeness (QED) is 0.456. The molecule has 1 unspecified atom stereocenters. The standard InChI is InChI=1S/C26H36BN5O4/c1-15(2)21(30-24(34)35-8)23(33)32(7)14-20-28-19-12-9-16-13-17(10-11-18(16)22(19)29-20)27-31-25(3,4)26(5,6)36-27/h9-13,15,21,31H,14H2,1-8H3,(H,28,29)(H,30,34). The zero-order valence-electron chi connectivity index (χ0n) is 22.4. The summed E-state index contributed by atoms with van der Waals surface area (Å²) in [5.41, 5.74) is 2.37. The first-order valence-corrected chi connectivity index (χ1v) is 12.3. The lowest BCUT2D eigenvalue weighted by Gasteiger charge is -2.33. The number of aromatic amines is 1. The molecule has 1 atom stereocenters. The zero-order valence-corrected chi connectivity index (χ0v) is 22.4. The number of methoxy groups -OCH3 is 1. The second-order valence-corrected chi connectivity index (χ2v) is 11.0. The highest BCUT2D eigenvalue weighted by molar-refractivity contribution is 6.66. The van der Waals surface area contributed by atoms with E-state index in [0.29, 0.717) is 5.82 Å². The molecule has 0 radical (unpaired) electrons. The van der Waals surface area contributed by atoms with Crippen LogP contribution in [0.15, 0.2) is 30.3 Å².